The highest BCUT2D eigenvalue weighted by Gasteiger charge is 2.22. The molecule has 1 amide bonds. The van der Waals surface area contributed by atoms with Gasteiger partial charge >= 0.3 is 0 Å². The van der Waals surface area contributed by atoms with Gasteiger partial charge in [0.05, 0.1) is 6.04 Å². The number of carbonyl (C=O) groups excluding carboxylic acids is 1. The molecule has 3 heteroatoms. The molecule has 2 aromatic carbocycles. The summed E-state index contributed by atoms with van der Waals surface area (Å²) in [5, 5.41) is 3.03. The number of halogens is 1. The van der Waals surface area contributed by atoms with Crippen LogP contribution in [0.3, 0.4) is 0 Å². The van der Waals surface area contributed by atoms with E-state index in [1.54, 1.807) is 0 Å². The van der Waals surface area contributed by atoms with E-state index in [2.05, 4.69) is 57.6 Å². The molecule has 21 heavy (non-hydrogen) atoms. The third kappa shape index (κ3) is 2.62. The number of fused-ring (bicyclic) bond motifs is 3. The Morgan fingerprint density at radius 2 is 2.05 bits per heavy atom. The fourth-order valence-corrected chi connectivity index (χ4v) is 3.66. The predicted octanol–water partition coefficient (Wildman–Crippen LogP) is 4.61. The Kier molecular flexibility index (Phi) is 3.85. The molecule has 1 N–H and O–H groups in total. The van der Waals surface area contributed by atoms with Gasteiger partial charge in [0.1, 0.15) is 0 Å². The van der Waals surface area contributed by atoms with Crippen molar-refractivity contribution >= 4 is 21.8 Å². The molecule has 108 valence electrons. The van der Waals surface area contributed by atoms with Crippen molar-refractivity contribution in [3.05, 3.63) is 57.6 Å². The number of hydrogen-bond donors (Lipinski definition) is 1. The van der Waals surface area contributed by atoms with Crippen LogP contribution >= 0.6 is 15.9 Å². The Morgan fingerprint density at radius 3 is 2.81 bits per heavy atom. The third-order valence-corrected chi connectivity index (χ3v) is 4.69. The molecule has 0 saturated carbocycles. The van der Waals surface area contributed by atoms with Gasteiger partial charge < -0.3 is 5.32 Å². The van der Waals surface area contributed by atoms with Gasteiger partial charge in [-0.3, -0.25) is 4.79 Å². The number of amides is 1. The lowest BCUT2D eigenvalue weighted by Crippen LogP contribution is -2.25. The second kappa shape index (κ2) is 5.64. The van der Waals surface area contributed by atoms with Crippen LogP contribution in [-0.4, -0.2) is 5.91 Å². The first kappa shape index (κ1) is 14.3. The van der Waals surface area contributed by atoms with Crippen molar-refractivity contribution in [3.63, 3.8) is 0 Å². The first-order valence-corrected chi connectivity index (χ1v) is 8.09. The zero-order valence-corrected chi connectivity index (χ0v) is 13.8. The molecule has 3 rings (SSSR count). The number of rotatable bonds is 3. The summed E-state index contributed by atoms with van der Waals surface area (Å²) >= 11 is 3.71. The lowest BCUT2D eigenvalue weighted by Gasteiger charge is -2.16. The Labute approximate surface area is 133 Å². The fourth-order valence-electron chi connectivity index (χ4n) is 2.93. The van der Waals surface area contributed by atoms with E-state index in [-0.39, 0.29) is 11.9 Å². The summed E-state index contributed by atoms with van der Waals surface area (Å²) in [7, 11) is 0. The molecule has 2 aromatic rings. The second-order valence-corrected chi connectivity index (χ2v) is 6.37. The Bertz CT molecular complexity index is 708. The van der Waals surface area contributed by atoms with Gasteiger partial charge in [-0.25, -0.2) is 0 Å². The highest BCUT2D eigenvalue weighted by Crippen LogP contribution is 2.42. The number of benzene rings is 2. The van der Waals surface area contributed by atoms with Crippen LogP contribution in [0.25, 0.3) is 11.1 Å². The van der Waals surface area contributed by atoms with E-state index < -0.39 is 0 Å². The van der Waals surface area contributed by atoms with Gasteiger partial charge in [0, 0.05) is 10.9 Å². The summed E-state index contributed by atoms with van der Waals surface area (Å²) in [5.74, 6) is 0.0856. The molecular weight excluding hydrogens is 326 g/mol. The fraction of sp³-hybridized carbons (Fsp3) is 0.278. The average molecular weight is 344 g/mol. The van der Waals surface area contributed by atoms with Crippen molar-refractivity contribution in [2.45, 2.75) is 32.7 Å². The standard InChI is InChI=1S/C18H18BrNO/c1-3-17(21)20-11(2)13-9-14-8-12-6-4-5-7-15(12)18(14)16(19)10-13/h4-7,9-11H,3,8H2,1-2H3,(H,20,21). The van der Waals surface area contributed by atoms with Gasteiger partial charge in [-0.1, -0.05) is 53.2 Å². The first-order valence-electron chi connectivity index (χ1n) is 7.30. The van der Waals surface area contributed by atoms with Crippen LogP contribution in [-0.2, 0) is 11.2 Å². The van der Waals surface area contributed by atoms with E-state index in [1.807, 2.05) is 13.8 Å². The van der Waals surface area contributed by atoms with E-state index in [4.69, 9.17) is 0 Å². The maximum absolute atomic E-state index is 11.6. The molecule has 0 heterocycles. The van der Waals surface area contributed by atoms with Crippen molar-refractivity contribution < 1.29 is 4.79 Å². The summed E-state index contributed by atoms with van der Waals surface area (Å²) in [6.07, 6.45) is 1.48. The van der Waals surface area contributed by atoms with Crippen molar-refractivity contribution in [1.29, 1.82) is 0 Å². The molecule has 0 fully saturated rings. The van der Waals surface area contributed by atoms with Gasteiger partial charge in [0.15, 0.2) is 0 Å². The number of carbonyl (C=O) groups is 1. The number of nitrogens with one attached hydrogen (secondary N) is 1. The zero-order valence-electron chi connectivity index (χ0n) is 12.2. The van der Waals surface area contributed by atoms with E-state index in [9.17, 15) is 4.79 Å². The van der Waals surface area contributed by atoms with Crippen molar-refractivity contribution in [2.75, 3.05) is 0 Å². The van der Waals surface area contributed by atoms with Crippen molar-refractivity contribution in [3.8, 4) is 11.1 Å². The molecule has 1 aliphatic carbocycles. The van der Waals surface area contributed by atoms with Crippen LogP contribution in [0.5, 0.6) is 0 Å². The molecular formula is C18H18BrNO. The largest absolute Gasteiger partial charge is 0.350 e. The minimum absolute atomic E-state index is 0.0303. The molecule has 0 radical (unpaired) electrons. The van der Waals surface area contributed by atoms with Gasteiger partial charge in [-0.05, 0) is 47.2 Å². The van der Waals surface area contributed by atoms with Crippen LogP contribution in [0.15, 0.2) is 40.9 Å². The molecule has 0 aliphatic heterocycles. The Hall–Kier alpha value is -1.61. The third-order valence-electron chi connectivity index (χ3n) is 4.06. The molecule has 1 unspecified atom stereocenters. The SMILES string of the molecule is CCC(=O)NC(C)c1cc(Br)c2c(c1)Cc1ccccc1-2. The maximum atomic E-state index is 11.6. The summed E-state index contributed by atoms with van der Waals surface area (Å²) in [6, 6.07) is 12.9. The van der Waals surface area contributed by atoms with Crippen molar-refractivity contribution in [2.24, 2.45) is 0 Å². The summed E-state index contributed by atoms with van der Waals surface area (Å²) < 4.78 is 1.11. The monoisotopic (exact) mass is 343 g/mol. The highest BCUT2D eigenvalue weighted by atomic mass is 79.9. The summed E-state index contributed by atoms with van der Waals surface area (Å²) in [5.41, 5.74) is 6.46. The van der Waals surface area contributed by atoms with Crippen LogP contribution < -0.4 is 5.32 Å². The lowest BCUT2D eigenvalue weighted by molar-refractivity contribution is -0.121. The molecule has 1 atom stereocenters. The summed E-state index contributed by atoms with van der Waals surface area (Å²) in [4.78, 5) is 11.6. The van der Waals surface area contributed by atoms with Crippen molar-refractivity contribution in [1.82, 2.24) is 5.32 Å². The maximum Gasteiger partial charge on any atom is 0.220 e. The molecule has 0 saturated heterocycles. The minimum Gasteiger partial charge on any atom is -0.350 e. The minimum atomic E-state index is 0.0303. The Morgan fingerprint density at radius 1 is 1.29 bits per heavy atom. The molecule has 0 aromatic heterocycles. The first-order chi connectivity index (χ1) is 10.1. The normalized spacial score (nSPS) is 13.5. The second-order valence-electron chi connectivity index (χ2n) is 5.51. The highest BCUT2D eigenvalue weighted by molar-refractivity contribution is 9.10. The van der Waals surface area contributed by atoms with Crippen LogP contribution in [0.4, 0.5) is 0 Å². The lowest BCUT2D eigenvalue weighted by atomic mass is 10.00. The quantitative estimate of drug-likeness (QED) is 0.739. The molecule has 1 aliphatic rings. The zero-order chi connectivity index (χ0) is 15.0. The molecule has 2 nitrogen and oxygen atoms in total. The Balaban J connectivity index is 1.97. The molecule has 0 bridgehead atoms. The van der Waals surface area contributed by atoms with Crippen LogP contribution in [0, 0.1) is 0 Å². The van der Waals surface area contributed by atoms with E-state index in [0.29, 0.717) is 6.42 Å². The van der Waals surface area contributed by atoms with Gasteiger partial charge in [-0.15, -0.1) is 0 Å². The smallest absolute Gasteiger partial charge is 0.220 e. The average Bonchev–Trinajstić information content (AvgIpc) is 2.85. The number of hydrogen-bond acceptors (Lipinski definition) is 1. The van der Waals surface area contributed by atoms with Crippen LogP contribution in [0.2, 0.25) is 0 Å². The van der Waals surface area contributed by atoms with Crippen LogP contribution in [0.1, 0.15) is 43.0 Å². The summed E-state index contributed by atoms with van der Waals surface area (Å²) in [6.45, 7) is 3.90. The van der Waals surface area contributed by atoms with E-state index in [0.717, 1.165) is 16.5 Å². The van der Waals surface area contributed by atoms with E-state index in [1.165, 1.54) is 22.3 Å². The van der Waals surface area contributed by atoms with E-state index >= 15 is 0 Å². The topological polar surface area (TPSA) is 29.1 Å². The van der Waals surface area contributed by atoms with Gasteiger partial charge in [0.25, 0.3) is 0 Å². The predicted molar refractivity (Wildman–Crippen MR) is 89.2 cm³/mol. The van der Waals surface area contributed by atoms with Gasteiger partial charge in [-0.2, -0.15) is 0 Å². The van der Waals surface area contributed by atoms with Gasteiger partial charge in [0.2, 0.25) is 5.91 Å². The molecule has 0 spiro atoms.